The number of nitrogens with one attached hydrogen (secondary N) is 2. The van der Waals surface area contributed by atoms with E-state index in [0.29, 0.717) is 47.7 Å². The molecule has 31 heavy (non-hydrogen) atoms. The maximum Gasteiger partial charge on any atom is 0.254 e. The highest BCUT2D eigenvalue weighted by molar-refractivity contribution is 5.94. The normalized spacial score (nSPS) is 15.6. The number of methoxy groups -OCH3 is 1. The summed E-state index contributed by atoms with van der Waals surface area (Å²) >= 11 is 0. The number of aryl methyl sites for hydroxylation is 1. The summed E-state index contributed by atoms with van der Waals surface area (Å²) in [4.78, 5) is 32.6. The number of amides is 1. The molecular weight excluding hydrogens is 397 g/mol. The zero-order valence-corrected chi connectivity index (χ0v) is 17.3. The van der Waals surface area contributed by atoms with Crippen LogP contribution in [0.4, 0.5) is 4.39 Å². The molecule has 4 rings (SSSR count). The number of fused-ring (bicyclic) bond motifs is 1. The molecule has 0 saturated carbocycles. The van der Waals surface area contributed by atoms with E-state index in [1.807, 2.05) is 0 Å². The van der Waals surface area contributed by atoms with E-state index < -0.39 is 0 Å². The van der Waals surface area contributed by atoms with Crippen LogP contribution in [0.15, 0.2) is 53.3 Å². The molecule has 160 valence electrons. The molecule has 0 bridgehead atoms. The Kier molecular flexibility index (Phi) is 6.11. The van der Waals surface area contributed by atoms with Crippen molar-refractivity contribution in [2.75, 3.05) is 13.7 Å². The van der Waals surface area contributed by atoms with Crippen LogP contribution in [0.3, 0.4) is 0 Å². The highest BCUT2D eigenvalue weighted by Gasteiger charge is 2.21. The maximum atomic E-state index is 13.2. The van der Waals surface area contributed by atoms with Gasteiger partial charge in [-0.2, -0.15) is 0 Å². The SMILES string of the molecule is COc1cccc(C(=O)NCC2CCc3nc(-c4ccc(F)cc4)[nH]c(=O)c3CC2)c1. The van der Waals surface area contributed by atoms with Gasteiger partial charge in [0, 0.05) is 23.2 Å². The molecule has 7 heteroatoms. The number of hydrogen-bond acceptors (Lipinski definition) is 4. The first-order valence-corrected chi connectivity index (χ1v) is 10.3. The molecule has 0 fully saturated rings. The first-order chi connectivity index (χ1) is 15.0. The Morgan fingerprint density at radius 1 is 1.19 bits per heavy atom. The quantitative estimate of drug-likeness (QED) is 0.618. The maximum absolute atomic E-state index is 13.2. The number of nitrogens with zero attached hydrogens (tertiary/aromatic N) is 1. The molecule has 1 aliphatic rings. The zero-order valence-electron chi connectivity index (χ0n) is 17.3. The Hall–Kier alpha value is -3.48. The van der Waals surface area contributed by atoms with Crippen LogP contribution in [-0.2, 0) is 12.8 Å². The molecule has 0 saturated heterocycles. The predicted molar refractivity (Wildman–Crippen MR) is 116 cm³/mol. The molecule has 2 N–H and O–H groups in total. The van der Waals surface area contributed by atoms with E-state index in [4.69, 9.17) is 4.74 Å². The van der Waals surface area contributed by atoms with E-state index in [0.717, 1.165) is 18.5 Å². The van der Waals surface area contributed by atoms with Gasteiger partial charge in [-0.1, -0.05) is 6.07 Å². The summed E-state index contributed by atoms with van der Waals surface area (Å²) in [5.74, 6) is 0.862. The average molecular weight is 421 g/mol. The minimum absolute atomic E-state index is 0.143. The van der Waals surface area contributed by atoms with Gasteiger partial charge in [0.15, 0.2) is 0 Å². The van der Waals surface area contributed by atoms with E-state index in [1.54, 1.807) is 43.5 Å². The number of benzene rings is 2. The standard InChI is InChI=1S/C24H24FN3O3/c1-31-19-4-2-3-17(13-19)23(29)26-14-15-5-11-20-21(12-6-15)27-22(28-24(20)30)16-7-9-18(25)10-8-16/h2-4,7-10,13,15H,5-6,11-12,14H2,1H3,(H,26,29)(H,27,28,30). The van der Waals surface area contributed by atoms with Crippen molar-refractivity contribution in [3.05, 3.63) is 81.5 Å². The van der Waals surface area contributed by atoms with Crippen LogP contribution in [0.5, 0.6) is 5.75 Å². The second-order valence-corrected chi connectivity index (χ2v) is 7.73. The van der Waals surface area contributed by atoms with Gasteiger partial charge in [0.25, 0.3) is 11.5 Å². The molecule has 1 aliphatic carbocycles. The Morgan fingerprint density at radius 2 is 1.97 bits per heavy atom. The summed E-state index contributed by atoms with van der Waals surface area (Å²) in [7, 11) is 1.57. The zero-order chi connectivity index (χ0) is 21.8. The number of H-pyrrole nitrogens is 1. The van der Waals surface area contributed by atoms with Crippen molar-refractivity contribution in [1.82, 2.24) is 15.3 Å². The Bertz CT molecular complexity index is 1140. The molecule has 1 heterocycles. The second-order valence-electron chi connectivity index (χ2n) is 7.73. The van der Waals surface area contributed by atoms with Gasteiger partial charge in [-0.05, 0) is 74.1 Å². The molecule has 6 nitrogen and oxygen atoms in total. The Labute approximate surface area is 179 Å². The van der Waals surface area contributed by atoms with Gasteiger partial charge in [-0.25, -0.2) is 9.37 Å². The highest BCUT2D eigenvalue weighted by Crippen LogP contribution is 2.23. The van der Waals surface area contributed by atoms with Crippen molar-refractivity contribution >= 4 is 5.91 Å². The summed E-state index contributed by atoms with van der Waals surface area (Å²) in [6.45, 7) is 0.534. The van der Waals surface area contributed by atoms with E-state index in [2.05, 4.69) is 15.3 Å². The van der Waals surface area contributed by atoms with Crippen molar-refractivity contribution in [3.8, 4) is 17.1 Å². The number of hydrogen-bond donors (Lipinski definition) is 2. The van der Waals surface area contributed by atoms with Crippen LogP contribution < -0.4 is 15.6 Å². The number of carbonyl (C=O) groups excluding carboxylic acids is 1. The van der Waals surface area contributed by atoms with Crippen molar-refractivity contribution in [1.29, 1.82) is 0 Å². The summed E-state index contributed by atoms with van der Waals surface area (Å²) in [5, 5.41) is 3.00. The van der Waals surface area contributed by atoms with Crippen LogP contribution in [0, 0.1) is 11.7 Å². The fraction of sp³-hybridized carbons (Fsp3) is 0.292. The lowest BCUT2D eigenvalue weighted by Gasteiger charge is -2.15. The van der Waals surface area contributed by atoms with Gasteiger partial charge in [-0.3, -0.25) is 9.59 Å². The third-order valence-electron chi connectivity index (χ3n) is 5.69. The van der Waals surface area contributed by atoms with Crippen molar-refractivity contribution in [3.63, 3.8) is 0 Å². The predicted octanol–water partition coefficient (Wildman–Crippen LogP) is 3.51. The van der Waals surface area contributed by atoms with Crippen LogP contribution in [-0.4, -0.2) is 29.5 Å². The monoisotopic (exact) mass is 421 g/mol. The van der Waals surface area contributed by atoms with Crippen molar-refractivity contribution in [2.24, 2.45) is 5.92 Å². The van der Waals surface area contributed by atoms with Crippen molar-refractivity contribution in [2.45, 2.75) is 25.7 Å². The smallest absolute Gasteiger partial charge is 0.254 e. The largest absolute Gasteiger partial charge is 0.497 e. The first kappa shape index (κ1) is 20.8. The molecule has 0 aliphatic heterocycles. The number of aromatic amines is 1. The third kappa shape index (κ3) is 4.82. The van der Waals surface area contributed by atoms with Gasteiger partial charge in [0.1, 0.15) is 17.4 Å². The van der Waals surface area contributed by atoms with Crippen LogP contribution >= 0.6 is 0 Å². The summed E-state index contributed by atoms with van der Waals surface area (Å²) in [5.41, 5.74) is 2.56. The molecule has 0 radical (unpaired) electrons. The lowest BCUT2D eigenvalue weighted by molar-refractivity contribution is 0.0945. The molecule has 1 amide bonds. The van der Waals surface area contributed by atoms with Gasteiger partial charge < -0.3 is 15.0 Å². The molecule has 3 aromatic rings. The lowest BCUT2D eigenvalue weighted by atomic mass is 9.99. The third-order valence-corrected chi connectivity index (χ3v) is 5.69. The summed E-state index contributed by atoms with van der Waals surface area (Å²) in [6.07, 6.45) is 2.89. The van der Waals surface area contributed by atoms with E-state index in [-0.39, 0.29) is 23.2 Å². The molecule has 1 unspecified atom stereocenters. The number of halogens is 1. The molecule has 1 aromatic heterocycles. The fourth-order valence-electron chi connectivity index (χ4n) is 3.89. The Morgan fingerprint density at radius 3 is 2.74 bits per heavy atom. The van der Waals surface area contributed by atoms with Crippen molar-refractivity contribution < 1.29 is 13.9 Å². The molecule has 0 spiro atoms. The lowest BCUT2D eigenvalue weighted by Crippen LogP contribution is -2.29. The van der Waals surface area contributed by atoms with Gasteiger partial charge in [0.2, 0.25) is 0 Å². The number of carbonyl (C=O) groups is 1. The molecular formula is C24H24FN3O3. The Balaban J connectivity index is 1.43. The van der Waals surface area contributed by atoms with Gasteiger partial charge in [-0.15, -0.1) is 0 Å². The topological polar surface area (TPSA) is 84.1 Å². The molecule has 2 aromatic carbocycles. The minimum Gasteiger partial charge on any atom is -0.497 e. The average Bonchev–Trinajstić information content (AvgIpc) is 3.00. The van der Waals surface area contributed by atoms with E-state index >= 15 is 0 Å². The van der Waals surface area contributed by atoms with Crippen LogP contribution in [0.2, 0.25) is 0 Å². The summed E-state index contributed by atoms with van der Waals surface area (Å²) in [6, 6.07) is 12.9. The van der Waals surface area contributed by atoms with E-state index in [1.165, 1.54) is 12.1 Å². The fourth-order valence-corrected chi connectivity index (χ4v) is 3.89. The first-order valence-electron chi connectivity index (χ1n) is 10.3. The number of aromatic nitrogens is 2. The second kappa shape index (κ2) is 9.12. The highest BCUT2D eigenvalue weighted by atomic mass is 19.1. The van der Waals surface area contributed by atoms with Gasteiger partial charge in [0.05, 0.1) is 12.8 Å². The van der Waals surface area contributed by atoms with Crippen LogP contribution in [0.25, 0.3) is 11.4 Å². The minimum atomic E-state index is -0.334. The number of rotatable bonds is 5. The van der Waals surface area contributed by atoms with Gasteiger partial charge >= 0.3 is 0 Å². The summed E-state index contributed by atoms with van der Waals surface area (Å²) < 4.78 is 18.4. The number of ether oxygens (including phenoxy) is 1. The van der Waals surface area contributed by atoms with E-state index in [9.17, 15) is 14.0 Å². The molecule has 1 atom stereocenters. The van der Waals surface area contributed by atoms with Crippen LogP contribution in [0.1, 0.15) is 34.5 Å².